The summed E-state index contributed by atoms with van der Waals surface area (Å²) in [5.74, 6) is -0.232. The molecular weight excluding hydrogens is 475 g/mol. The van der Waals surface area contributed by atoms with Gasteiger partial charge in [0.2, 0.25) is 0 Å². The van der Waals surface area contributed by atoms with Gasteiger partial charge in [-0.05, 0) is 31.2 Å². The molecule has 4 rings (SSSR count). The van der Waals surface area contributed by atoms with Gasteiger partial charge in [0.1, 0.15) is 12.2 Å². The summed E-state index contributed by atoms with van der Waals surface area (Å²) in [6.07, 6.45) is 5.62. The molecule has 34 heavy (non-hydrogen) atoms. The SMILES string of the molecule is C[C@H]1N(COC(=O)[C@@H](N)C(C)(C)C)C=CN1C[C@@H]1CCc2c(c3ccccc3n2C)C1=O.Cl.Cl. The molecule has 2 N–H and O–H groups in total. The number of hydrogen-bond acceptors (Lipinski definition) is 6. The minimum atomic E-state index is -0.671. The number of esters is 1. The Kier molecular flexibility index (Phi) is 8.72. The number of nitrogens with two attached hydrogens (primary N) is 1. The number of ether oxygens (including phenoxy) is 1. The van der Waals surface area contributed by atoms with E-state index in [9.17, 15) is 9.59 Å². The van der Waals surface area contributed by atoms with Crippen molar-refractivity contribution in [2.45, 2.75) is 52.7 Å². The fourth-order valence-electron chi connectivity index (χ4n) is 4.65. The Morgan fingerprint density at radius 3 is 2.50 bits per heavy atom. The number of rotatable bonds is 5. The Balaban J connectivity index is 0.00000204. The zero-order valence-corrected chi connectivity index (χ0v) is 22.1. The van der Waals surface area contributed by atoms with Crippen molar-refractivity contribution in [3.05, 3.63) is 47.9 Å². The van der Waals surface area contributed by atoms with Crippen molar-refractivity contribution < 1.29 is 14.3 Å². The lowest BCUT2D eigenvalue weighted by atomic mass is 9.84. The number of halogens is 2. The van der Waals surface area contributed by atoms with E-state index in [4.69, 9.17) is 10.5 Å². The number of ketones is 1. The summed E-state index contributed by atoms with van der Waals surface area (Å²) in [7, 11) is 2.05. The number of Topliss-reactive ketones (excluding diaryl/α,β-unsaturated/α-hetero) is 1. The number of para-hydroxylation sites is 1. The third-order valence-electron chi connectivity index (χ3n) is 6.96. The van der Waals surface area contributed by atoms with Gasteiger partial charge in [0.25, 0.3) is 0 Å². The lowest BCUT2D eigenvalue weighted by Crippen LogP contribution is -2.46. The van der Waals surface area contributed by atoms with E-state index in [0.717, 1.165) is 35.0 Å². The van der Waals surface area contributed by atoms with Crippen LogP contribution in [-0.2, 0) is 23.0 Å². The number of nitrogens with zero attached hydrogens (tertiary/aromatic N) is 3. The van der Waals surface area contributed by atoms with E-state index >= 15 is 0 Å². The van der Waals surface area contributed by atoms with E-state index in [2.05, 4.69) is 15.5 Å². The molecule has 0 bridgehead atoms. The van der Waals surface area contributed by atoms with Crippen LogP contribution in [0.2, 0.25) is 0 Å². The van der Waals surface area contributed by atoms with Crippen LogP contribution in [0.4, 0.5) is 0 Å². The largest absolute Gasteiger partial charge is 0.443 e. The van der Waals surface area contributed by atoms with Gasteiger partial charge in [0, 0.05) is 54.1 Å². The molecule has 0 saturated heterocycles. The first-order valence-electron chi connectivity index (χ1n) is 11.3. The molecule has 0 spiro atoms. The van der Waals surface area contributed by atoms with Gasteiger partial charge in [0.15, 0.2) is 12.5 Å². The highest BCUT2D eigenvalue weighted by Gasteiger charge is 2.35. The van der Waals surface area contributed by atoms with E-state index in [1.54, 1.807) is 0 Å². The number of fused-ring (bicyclic) bond motifs is 3. The maximum Gasteiger partial charge on any atom is 0.325 e. The van der Waals surface area contributed by atoms with Gasteiger partial charge in [-0.3, -0.25) is 9.59 Å². The number of carbonyl (C=O) groups excluding carboxylic acids is 2. The second kappa shape index (κ2) is 10.6. The molecule has 2 aliphatic rings. The molecule has 1 aliphatic heterocycles. The van der Waals surface area contributed by atoms with Crippen LogP contribution in [0.5, 0.6) is 0 Å². The Hall–Kier alpha value is -2.22. The standard InChI is InChI=1S/C25H34N4O3.2ClH/c1-16-28(12-13-29(16)15-32-24(31)23(26)25(2,3)4)14-17-10-11-20-21(22(17)30)18-8-6-7-9-19(18)27(20)5;;/h6-9,12-13,16-17,23H,10-11,14-15,26H2,1-5H3;2*1H/t16-,17+,23-;;/m1../s1. The van der Waals surface area contributed by atoms with Gasteiger partial charge in [-0.2, -0.15) is 0 Å². The van der Waals surface area contributed by atoms with Gasteiger partial charge in [-0.25, -0.2) is 0 Å². The smallest absolute Gasteiger partial charge is 0.325 e. The first-order valence-corrected chi connectivity index (χ1v) is 11.3. The molecule has 0 amide bonds. The van der Waals surface area contributed by atoms with Gasteiger partial charge in [-0.1, -0.05) is 39.0 Å². The molecule has 3 atom stereocenters. The van der Waals surface area contributed by atoms with Gasteiger partial charge < -0.3 is 24.8 Å². The third-order valence-corrected chi connectivity index (χ3v) is 6.96. The van der Waals surface area contributed by atoms with Gasteiger partial charge in [-0.15, -0.1) is 24.8 Å². The monoisotopic (exact) mass is 510 g/mol. The van der Waals surface area contributed by atoms with E-state index < -0.39 is 12.0 Å². The molecule has 1 aliphatic carbocycles. The Morgan fingerprint density at radius 1 is 1.18 bits per heavy atom. The van der Waals surface area contributed by atoms with Crippen molar-refractivity contribution >= 4 is 47.5 Å². The summed E-state index contributed by atoms with van der Waals surface area (Å²) in [6, 6.07) is 7.46. The predicted molar refractivity (Wildman–Crippen MR) is 139 cm³/mol. The molecule has 188 valence electrons. The lowest BCUT2D eigenvalue weighted by molar-refractivity contribution is -0.152. The van der Waals surface area contributed by atoms with Crippen LogP contribution >= 0.6 is 24.8 Å². The van der Waals surface area contributed by atoms with Crippen LogP contribution < -0.4 is 5.73 Å². The fraction of sp³-hybridized carbons (Fsp3) is 0.520. The van der Waals surface area contributed by atoms with Crippen LogP contribution in [0, 0.1) is 11.3 Å². The molecule has 1 aromatic heterocycles. The summed E-state index contributed by atoms with van der Waals surface area (Å²) >= 11 is 0. The highest BCUT2D eigenvalue weighted by Crippen LogP contribution is 2.34. The van der Waals surface area contributed by atoms with Crippen molar-refractivity contribution in [1.29, 1.82) is 0 Å². The number of aryl methyl sites for hydroxylation is 1. The molecule has 0 radical (unpaired) electrons. The summed E-state index contributed by atoms with van der Waals surface area (Å²) in [5.41, 5.74) is 8.79. The van der Waals surface area contributed by atoms with E-state index in [0.29, 0.717) is 6.54 Å². The Labute approximate surface area is 214 Å². The van der Waals surface area contributed by atoms with Crippen LogP contribution in [0.1, 0.15) is 50.2 Å². The molecule has 2 heterocycles. The second-order valence-corrected chi connectivity index (χ2v) is 10.1. The third kappa shape index (κ3) is 5.07. The van der Waals surface area contributed by atoms with Crippen LogP contribution in [0.25, 0.3) is 10.9 Å². The molecule has 2 aromatic rings. The number of carbonyl (C=O) groups is 2. The number of aromatic nitrogens is 1. The molecule has 0 fully saturated rings. The van der Waals surface area contributed by atoms with Crippen molar-refractivity contribution in [3.8, 4) is 0 Å². The highest BCUT2D eigenvalue weighted by atomic mass is 35.5. The summed E-state index contributed by atoms with van der Waals surface area (Å²) in [5, 5.41) is 1.05. The summed E-state index contributed by atoms with van der Waals surface area (Å²) < 4.78 is 7.62. The Bertz CT molecular complexity index is 1080. The number of hydrogen-bond donors (Lipinski definition) is 1. The maximum atomic E-state index is 13.4. The van der Waals surface area contributed by atoms with E-state index in [1.807, 2.05) is 70.2 Å². The van der Waals surface area contributed by atoms with Gasteiger partial charge >= 0.3 is 5.97 Å². The molecule has 0 saturated carbocycles. The average molecular weight is 511 g/mol. The minimum Gasteiger partial charge on any atom is -0.443 e. The number of benzene rings is 1. The van der Waals surface area contributed by atoms with Crippen molar-refractivity contribution in [3.63, 3.8) is 0 Å². The summed E-state index contributed by atoms with van der Waals surface area (Å²) in [4.78, 5) is 29.8. The zero-order chi connectivity index (χ0) is 23.2. The van der Waals surface area contributed by atoms with Crippen LogP contribution in [0.3, 0.4) is 0 Å². The van der Waals surface area contributed by atoms with Crippen molar-refractivity contribution in [2.75, 3.05) is 13.3 Å². The van der Waals surface area contributed by atoms with Crippen LogP contribution in [0.15, 0.2) is 36.7 Å². The molecule has 1 aromatic carbocycles. The van der Waals surface area contributed by atoms with Gasteiger partial charge in [0.05, 0.1) is 0 Å². The topological polar surface area (TPSA) is 80.8 Å². The second-order valence-electron chi connectivity index (χ2n) is 10.1. The molecule has 9 heteroatoms. The maximum absolute atomic E-state index is 13.4. The van der Waals surface area contributed by atoms with Crippen molar-refractivity contribution in [2.24, 2.45) is 24.1 Å². The average Bonchev–Trinajstić information content (AvgIpc) is 3.25. The first kappa shape index (κ1) is 28.0. The zero-order valence-electron chi connectivity index (χ0n) is 20.5. The predicted octanol–water partition coefficient (Wildman–Crippen LogP) is 4.08. The quantitative estimate of drug-likeness (QED) is 0.610. The van der Waals surface area contributed by atoms with E-state index in [1.165, 1.54) is 0 Å². The normalized spacial score (nSPS) is 20.6. The minimum absolute atomic E-state index is 0. The molecule has 0 unspecified atom stereocenters. The molecule has 7 nitrogen and oxygen atoms in total. The first-order chi connectivity index (χ1) is 15.1. The summed E-state index contributed by atoms with van der Waals surface area (Å²) in [6.45, 7) is 8.59. The fourth-order valence-corrected chi connectivity index (χ4v) is 4.65. The molecular formula is C25H36Cl2N4O3. The highest BCUT2D eigenvalue weighted by molar-refractivity contribution is 6.11. The van der Waals surface area contributed by atoms with E-state index in [-0.39, 0.29) is 54.8 Å². The van der Waals surface area contributed by atoms with Crippen LogP contribution in [-0.4, -0.2) is 51.6 Å². The van der Waals surface area contributed by atoms with Crippen molar-refractivity contribution in [1.82, 2.24) is 14.4 Å². The Morgan fingerprint density at radius 2 is 1.82 bits per heavy atom. The lowest BCUT2D eigenvalue weighted by Gasteiger charge is -2.33.